The summed E-state index contributed by atoms with van der Waals surface area (Å²) in [6, 6.07) is 8.68. The third kappa shape index (κ3) is 2.10. The Bertz CT molecular complexity index is 826. The SMILES string of the molecule is Cc1ccc(C(=O)O)cc1-c1ccc2nc(N)sc2n1. The van der Waals surface area contributed by atoms with Gasteiger partial charge in [0.1, 0.15) is 10.3 Å². The first-order chi connectivity index (χ1) is 9.54. The molecule has 0 radical (unpaired) electrons. The Hall–Kier alpha value is -2.47. The van der Waals surface area contributed by atoms with Gasteiger partial charge in [-0.2, -0.15) is 0 Å². The Labute approximate surface area is 118 Å². The standard InChI is InChI=1S/C14H11N3O2S/c1-7-2-3-8(13(18)19)6-9(7)10-4-5-11-12(16-10)20-14(15)17-11/h2-6H,1H3,(H2,15,17)(H,18,19). The maximum atomic E-state index is 11.1. The maximum Gasteiger partial charge on any atom is 0.335 e. The van der Waals surface area contributed by atoms with Gasteiger partial charge in [0.05, 0.1) is 11.3 Å². The molecule has 0 spiro atoms. The minimum absolute atomic E-state index is 0.247. The van der Waals surface area contributed by atoms with Gasteiger partial charge < -0.3 is 10.8 Å². The fourth-order valence-electron chi connectivity index (χ4n) is 2.01. The number of aromatic carboxylic acids is 1. The molecular weight excluding hydrogens is 274 g/mol. The number of aromatic nitrogens is 2. The number of carboxylic acids is 1. The summed E-state index contributed by atoms with van der Waals surface area (Å²) in [5, 5.41) is 9.55. The number of pyridine rings is 1. The van der Waals surface area contributed by atoms with Gasteiger partial charge in [0.2, 0.25) is 0 Å². The van der Waals surface area contributed by atoms with E-state index in [0.29, 0.717) is 5.13 Å². The molecule has 5 nitrogen and oxygen atoms in total. The molecule has 1 aromatic carbocycles. The second-order valence-corrected chi connectivity index (χ2v) is 5.42. The summed E-state index contributed by atoms with van der Waals surface area (Å²) in [5.41, 5.74) is 9.16. The molecule has 0 aliphatic heterocycles. The van der Waals surface area contributed by atoms with Gasteiger partial charge in [-0.1, -0.05) is 17.4 Å². The van der Waals surface area contributed by atoms with Crippen molar-refractivity contribution < 1.29 is 9.90 Å². The summed E-state index contributed by atoms with van der Waals surface area (Å²) in [5.74, 6) is -0.950. The highest BCUT2D eigenvalue weighted by molar-refractivity contribution is 7.21. The second-order valence-electron chi connectivity index (χ2n) is 4.41. The Kier molecular flexibility index (Phi) is 2.87. The van der Waals surface area contributed by atoms with E-state index in [4.69, 9.17) is 10.8 Å². The Morgan fingerprint density at radius 1 is 1.25 bits per heavy atom. The number of anilines is 1. The number of nitrogen functional groups attached to an aromatic ring is 1. The molecule has 20 heavy (non-hydrogen) atoms. The molecule has 3 aromatic rings. The molecule has 100 valence electrons. The zero-order chi connectivity index (χ0) is 14.3. The molecule has 3 rings (SSSR count). The number of thiazole rings is 1. The minimum Gasteiger partial charge on any atom is -0.478 e. The Balaban J connectivity index is 2.18. The van der Waals surface area contributed by atoms with Gasteiger partial charge >= 0.3 is 5.97 Å². The largest absolute Gasteiger partial charge is 0.478 e. The van der Waals surface area contributed by atoms with E-state index in [9.17, 15) is 4.79 Å². The maximum absolute atomic E-state index is 11.1. The number of nitrogens with zero attached hydrogens (tertiary/aromatic N) is 2. The lowest BCUT2D eigenvalue weighted by Gasteiger charge is -2.06. The fraction of sp³-hybridized carbons (Fsp3) is 0.0714. The molecule has 0 saturated heterocycles. The Morgan fingerprint density at radius 3 is 2.80 bits per heavy atom. The van der Waals surface area contributed by atoms with Crippen molar-refractivity contribution in [3.8, 4) is 11.3 Å². The van der Waals surface area contributed by atoms with Crippen molar-refractivity contribution in [1.82, 2.24) is 9.97 Å². The highest BCUT2D eigenvalue weighted by Gasteiger charge is 2.11. The zero-order valence-electron chi connectivity index (χ0n) is 10.6. The smallest absolute Gasteiger partial charge is 0.335 e. The number of carboxylic acid groups (broad SMARTS) is 1. The number of hydrogen-bond acceptors (Lipinski definition) is 5. The molecule has 6 heteroatoms. The van der Waals surface area contributed by atoms with Crippen LogP contribution in [0, 0.1) is 6.92 Å². The normalized spacial score (nSPS) is 10.8. The summed E-state index contributed by atoms with van der Waals surface area (Å²) in [6.45, 7) is 1.92. The quantitative estimate of drug-likeness (QED) is 0.755. The van der Waals surface area contributed by atoms with E-state index < -0.39 is 5.97 Å². The van der Waals surface area contributed by atoms with Gasteiger partial charge in [0.15, 0.2) is 5.13 Å². The van der Waals surface area contributed by atoms with Crippen LogP contribution in [0.15, 0.2) is 30.3 Å². The van der Waals surface area contributed by atoms with Crippen LogP contribution in [-0.2, 0) is 0 Å². The van der Waals surface area contributed by atoms with Crippen LogP contribution in [0.1, 0.15) is 15.9 Å². The third-order valence-electron chi connectivity index (χ3n) is 3.03. The first-order valence-corrected chi connectivity index (χ1v) is 6.73. The van der Waals surface area contributed by atoms with E-state index in [1.807, 2.05) is 19.1 Å². The number of hydrogen-bond donors (Lipinski definition) is 2. The highest BCUT2D eigenvalue weighted by atomic mass is 32.1. The summed E-state index contributed by atoms with van der Waals surface area (Å²) >= 11 is 1.32. The number of benzene rings is 1. The zero-order valence-corrected chi connectivity index (χ0v) is 11.4. The second kappa shape index (κ2) is 4.57. The van der Waals surface area contributed by atoms with E-state index in [0.717, 1.165) is 27.2 Å². The molecular formula is C14H11N3O2S. The molecule has 0 atom stereocenters. The van der Waals surface area contributed by atoms with E-state index in [2.05, 4.69) is 9.97 Å². The molecule has 0 unspecified atom stereocenters. The molecule has 0 aliphatic carbocycles. The Morgan fingerprint density at radius 2 is 2.05 bits per heavy atom. The van der Waals surface area contributed by atoms with E-state index in [-0.39, 0.29) is 5.56 Å². The monoisotopic (exact) mass is 285 g/mol. The van der Waals surface area contributed by atoms with Gasteiger partial charge in [0.25, 0.3) is 0 Å². The molecule has 0 amide bonds. The van der Waals surface area contributed by atoms with Crippen molar-refractivity contribution in [2.24, 2.45) is 0 Å². The minimum atomic E-state index is -0.950. The molecule has 3 N–H and O–H groups in total. The van der Waals surface area contributed by atoms with Crippen LogP contribution in [-0.4, -0.2) is 21.0 Å². The van der Waals surface area contributed by atoms with Crippen LogP contribution in [0.5, 0.6) is 0 Å². The summed E-state index contributed by atoms with van der Waals surface area (Å²) in [4.78, 5) is 20.5. The lowest BCUT2D eigenvalue weighted by Crippen LogP contribution is -1.97. The lowest BCUT2D eigenvalue weighted by atomic mass is 10.0. The number of nitrogens with two attached hydrogens (primary N) is 1. The van der Waals surface area contributed by atoms with Gasteiger partial charge in [-0.3, -0.25) is 0 Å². The van der Waals surface area contributed by atoms with Crippen LogP contribution in [0.2, 0.25) is 0 Å². The summed E-state index contributed by atoms with van der Waals surface area (Å²) in [7, 11) is 0. The first-order valence-electron chi connectivity index (χ1n) is 5.92. The van der Waals surface area contributed by atoms with Crippen LogP contribution < -0.4 is 5.73 Å². The first kappa shape index (κ1) is 12.6. The van der Waals surface area contributed by atoms with Crippen molar-refractivity contribution in [1.29, 1.82) is 0 Å². The number of aryl methyl sites for hydroxylation is 1. The number of fused-ring (bicyclic) bond motifs is 1. The van der Waals surface area contributed by atoms with Crippen molar-refractivity contribution >= 4 is 32.8 Å². The van der Waals surface area contributed by atoms with Crippen molar-refractivity contribution in [3.63, 3.8) is 0 Å². The van der Waals surface area contributed by atoms with Crippen molar-refractivity contribution in [2.75, 3.05) is 5.73 Å². The predicted octanol–water partition coefficient (Wildman–Crippen LogP) is 2.95. The average molecular weight is 285 g/mol. The van der Waals surface area contributed by atoms with E-state index >= 15 is 0 Å². The lowest BCUT2D eigenvalue weighted by molar-refractivity contribution is 0.0697. The number of carbonyl (C=O) groups is 1. The number of rotatable bonds is 2. The average Bonchev–Trinajstić information content (AvgIpc) is 2.78. The molecule has 0 saturated carbocycles. The van der Waals surface area contributed by atoms with Crippen LogP contribution in [0.3, 0.4) is 0 Å². The molecule has 0 fully saturated rings. The van der Waals surface area contributed by atoms with Crippen LogP contribution in [0.25, 0.3) is 21.6 Å². The van der Waals surface area contributed by atoms with Gasteiger partial charge in [-0.25, -0.2) is 14.8 Å². The molecule has 2 aromatic heterocycles. The van der Waals surface area contributed by atoms with Gasteiger partial charge in [-0.05, 0) is 36.8 Å². The van der Waals surface area contributed by atoms with Gasteiger partial charge in [0, 0.05) is 5.56 Å². The van der Waals surface area contributed by atoms with Crippen LogP contribution >= 0.6 is 11.3 Å². The molecule has 2 heterocycles. The fourth-order valence-corrected chi connectivity index (χ4v) is 2.72. The molecule has 0 bridgehead atoms. The van der Waals surface area contributed by atoms with E-state index in [1.54, 1.807) is 18.2 Å². The third-order valence-corrected chi connectivity index (χ3v) is 3.83. The van der Waals surface area contributed by atoms with Crippen molar-refractivity contribution in [3.05, 3.63) is 41.5 Å². The summed E-state index contributed by atoms with van der Waals surface area (Å²) in [6.07, 6.45) is 0. The van der Waals surface area contributed by atoms with Crippen LogP contribution in [0.4, 0.5) is 5.13 Å². The summed E-state index contributed by atoms with van der Waals surface area (Å²) < 4.78 is 0. The highest BCUT2D eigenvalue weighted by Crippen LogP contribution is 2.28. The van der Waals surface area contributed by atoms with Crippen molar-refractivity contribution in [2.45, 2.75) is 6.92 Å². The predicted molar refractivity (Wildman–Crippen MR) is 79.0 cm³/mol. The van der Waals surface area contributed by atoms with E-state index in [1.165, 1.54) is 11.3 Å². The van der Waals surface area contributed by atoms with Gasteiger partial charge in [-0.15, -0.1) is 0 Å². The molecule has 0 aliphatic rings. The topological polar surface area (TPSA) is 89.1 Å².